The van der Waals surface area contributed by atoms with Crippen molar-refractivity contribution in [2.24, 2.45) is 0 Å². The molecule has 2 unspecified atom stereocenters. The maximum absolute atomic E-state index is 12.8. The lowest BCUT2D eigenvalue weighted by molar-refractivity contribution is -0.122. The molecule has 0 fully saturated rings. The van der Waals surface area contributed by atoms with Crippen LogP contribution in [0.5, 0.6) is 0 Å². The molecule has 2 atom stereocenters. The Kier molecular flexibility index (Phi) is 6.54. The molecule has 0 aliphatic carbocycles. The highest BCUT2D eigenvalue weighted by Crippen LogP contribution is 2.25. The van der Waals surface area contributed by atoms with E-state index in [1.807, 2.05) is 39.0 Å². The maximum atomic E-state index is 12.8. The van der Waals surface area contributed by atoms with Gasteiger partial charge in [0.05, 0.1) is 18.0 Å². The Morgan fingerprint density at radius 3 is 2.37 bits per heavy atom. The number of nitrogens with zero attached hydrogens (tertiary/aromatic N) is 1. The number of amides is 1. The van der Waals surface area contributed by atoms with Gasteiger partial charge in [0.1, 0.15) is 6.04 Å². The zero-order valence-corrected chi connectivity index (χ0v) is 17.7. The summed E-state index contributed by atoms with van der Waals surface area (Å²) in [6.07, 6.45) is 1.08. The summed E-state index contributed by atoms with van der Waals surface area (Å²) in [7, 11) is -3.68. The van der Waals surface area contributed by atoms with E-state index in [2.05, 4.69) is 5.32 Å². The summed E-state index contributed by atoms with van der Waals surface area (Å²) in [5.41, 5.74) is 3.52. The molecule has 27 heavy (non-hydrogen) atoms. The van der Waals surface area contributed by atoms with E-state index in [4.69, 9.17) is 11.6 Å². The molecule has 2 aromatic rings. The highest BCUT2D eigenvalue weighted by molar-refractivity contribution is 7.92. The van der Waals surface area contributed by atoms with Gasteiger partial charge in [-0.05, 0) is 57.0 Å². The summed E-state index contributed by atoms with van der Waals surface area (Å²) < 4.78 is 25.8. The molecule has 0 bridgehead atoms. The molecule has 0 saturated heterocycles. The third kappa shape index (κ3) is 5.23. The first-order valence-corrected chi connectivity index (χ1v) is 10.9. The Labute approximate surface area is 166 Å². The first-order chi connectivity index (χ1) is 12.5. The number of sulfonamides is 1. The van der Waals surface area contributed by atoms with E-state index in [-0.39, 0.29) is 11.9 Å². The summed E-state index contributed by atoms with van der Waals surface area (Å²) in [5, 5.41) is 3.32. The number of carbonyl (C=O) groups is 1. The van der Waals surface area contributed by atoms with Crippen LogP contribution in [0.3, 0.4) is 0 Å². The van der Waals surface area contributed by atoms with Crippen LogP contribution in [0, 0.1) is 13.8 Å². The zero-order valence-electron chi connectivity index (χ0n) is 16.2. The van der Waals surface area contributed by atoms with Crippen molar-refractivity contribution in [1.82, 2.24) is 5.32 Å². The van der Waals surface area contributed by atoms with E-state index in [0.717, 1.165) is 27.3 Å². The first-order valence-electron chi connectivity index (χ1n) is 8.63. The summed E-state index contributed by atoms with van der Waals surface area (Å²) in [6, 6.07) is 11.3. The molecule has 0 saturated carbocycles. The lowest BCUT2D eigenvalue weighted by Crippen LogP contribution is -2.48. The highest BCUT2D eigenvalue weighted by Gasteiger charge is 2.30. The van der Waals surface area contributed by atoms with Crippen molar-refractivity contribution >= 4 is 33.2 Å². The normalized spacial score (nSPS) is 13.7. The molecule has 2 rings (SSSR count). The van der Waals surface area contributed by atoms with Crippen LogP contribution in [-0.4, -0.2) is 26.6 Å². The third-order valence-corrected chi connectivity index (χ3v) is 5.89. The van der Waals surface area contributed by atoms with Crippen LogP contribution in [0.1, 0.15) is 36.6 Å². The Bertz CT molecular complexity index is 944. The smallest absolute Gasteiger partial charge is 0.244 e. The third-order valence-electron chi connectivity index (χ3n) is 4.41. The van der Waals surface area contributed by atoms with Gasteiger partial charge in [0.15, 0.2) is 0 Å². The number of nitrogens with one attached hydrogen (secondary N) is 1. The number of hydrogen-bond donors (Lipinski definition) is 1. The maximum Gasteiger partial charge on any atom is 0.244 e. The Morgan fingerprint density at radius 2 is 1.78 bits per heavy atom. The van der Waals surface area contributed by atoms with Gasteiger partial charge >= 0.3 is 0 Å². The van der Waals surface area contributed by atoms with Crippen molar-refractivity contribution in [1.29, 1.82) is 0 Å². The van der Waals surface area contributed by atoms with Crippen LogP contribution in [0.4, 0.5) is 5.69 Å². The quantitative estimate of drug-likeness (QED) is 0.785. The SMILES string of the molecule is Cc1ccc(C)c(C(C)NC(=O)C(C)N(c2cccc(Cl)c2)S(C)(=O)=O)c1. The molecule has 146 valence electrons. The highest BCUT2D eigenvalue weighted by atomic mass is 35.5. The number of hydrogen-bond acceptors (Lipinski definition) is 3. The molecular formula is C20H25ClN2O3S. The van der Waals surface area contributed by atoms with Crippen LogP contribution in [0.25, 0.3) is 0 Å². The van der Waals surface area contributed by atoms with Crippen LogP contribution in [0.2, 0.25) is 5.02 Å². The molecule has 2 aromatic carbocycles. The molecular weight excluding hydrogens is 384 g/mol. The molecule has 0 aliphatic heterocycles. The molecule has 0 aliphatic rings. The Balaban J connectivity index is 2.28. The van der Waals surface area contributed by atoms with Gasteiger partial charge in [0, 0.05) is 5.02 Å². The first kappa shape index (κ1) is 21.3. The minimum atomic E-state index is -3.68. The minimum absolute atomic E-state index is 0.249. The molecule has 7 heteroatoms. The van der Waals surface area contributed by atoms with Gasteiger partial charge in [0.2, 0.25) is 15.9 Å². The minimum Gasteiger partial charge on any atom is -0.348 e. The van der Waals surface area contributed by atoms with Gasteiger partial charge < -0.3 is 5.32 Å². The van der Waals surface area contributed by atoms with Crippen molar-refractivity contribution in [2.75, 3.05) is 10.6 Å². The lowest BCUT2D eigenvalue weighted by atomic mass is 10.00. The summed E-state index contributed by atoms with van der Waals surface area (Å²) in [6.45, 7) is 7.42. The second-order valence-corrected chi connectivity index (χ2v) is 9.10. The van der Waals surface area contributed by atoms with E-state index in [0.29, 0.717) is 10.7 Å². The number of carbonyl (C=O) groups excluding carboxylic acids is 1. The number of rotatable bonds is 6. The number of benzene rings is 2. The van der Waals surface area contributed by atoms with E-state index >= 15 is 0 Å². The van der Waals surface area contributed by atoms with Gasteiger partial charge in [-0.15, -0.1) is 0 Å². The fourth-order valence-electron chi connectivity index (χ4n) is 3.06. The van der Waals surface area contributed by atoms with E-state index in [1.165, 1.54) is 6.07 Å². The second kappa shape index (κ2) is 8.31. The van der Waals surface area contributed by atoms with Gasteiger partial charge in [-0.25, -0.2) is 8.42 Å². The molecule has 1 N–H and O–H groups in total. The van der Waals surface area contributed by atoms with Crippen LogP contribution in [-0.2, 0) is 14.8 Å². The van der Waals surface area contributed by atoms with Gasteiger partial charge in [-0.2, -0.15) is 0 Å². The fourth-order valence-corrected chi connectivity index (χ4v) is 4.41. The van der Waals surface area contributed by atoms with Crippen molar-refractivity contribution < 1.29 is 13.2 Å². The lowest BCUT2D eigenvalue weighted by Gasteiger charge is -2.29. The summed E-state index contributed by atoms with van der Waals surface area (Å²) in [4.78, 5) is 12.8. The van der Waals surface area contributed by atoms with Crippen molar-refractivity contribution in [3.05, 3.63) is 64.2 Å². The second-order valence-electron chi connectivity index (χ2n) is 6.80. The topological polar surface area (TPSA) is 66.5 Å². The average Bonchev–Trinajstić information content (AvgIpc) is 2.55. The van der Waals surface area contributed by atoms with Gasteiger partial charge in [-0.1, -0.05) is 41.4 Å². The van der Waals surface area contributed by atoms with Crippen molar-refractivity contribution in [3.63, 3.8) is 0 Å². The Morgan fingerprint density at radius 1 is 1.11 bits per heavy atom. The number of anilines is 1. The van der Waals surface area contributed by atoms with Crippen LogP contribution >= 0.6 is 11.6 Å². The predicted molar refractivity (Wildman–Crippen MR) is 111 cm³/mol. The largest absolute Gasteiger partial charge is 0.348 e. The van der Waals surface area contributed by atoms with Crippen molar-refractivity contribution in [3.8, 4) is 0 Å². The summed E-state index contributed by atoms with van der Waals surface area (Å²) in [5.74, 6) is -0.381. The van der Waals surface area contributed by atoms with Gasteiger partial charge in [-0.3, -0.25) is 9.10 Å². The number of halogens is 1. The van der Waals surface area contributed by atoms with E-state index in [1.54, 1.807) is 25.1 Å². The molecule has 1 amide bonds. The van der Waals surface area contributed by atoms with Gasteiger partial charge in [0.25, 0.3) is 0 Å². The predicted octanol–water partition coefficient (Wildman–Crippen LogP) is 3.99. The standard InChI is InChI=1S/C20H25ClN2O3S/c1-13-9-10-14(2)19(11-13)15(3)22-20(24)16(4)23(27(5,25)26)18-8-6-7-17(21)12-18/h6-12,15-16H,1-5H3,(H,22,24). The number of aryl methyl sites for hydroxylation is 2. The van der Waals surface area contributed by atoms with E-state index in [9.17, 15) is 13.2 Å². The molecule has 0 heterocycles. The molecule has 0 aromatic heterocycles. The average molecular weight is 409 g/mol. The Hall–Kier alpha value is -2.05. The van der Waals surface area contributed by atoms with E-state index < -0.39 is 16.1 Å². The molecule has 0 spiro atoms. The monoisotopic (exact) mass is 408 g/mol. The molecule has 0 radical (unpaired) electrons. The zero-order chi connectivity index (χ0) is 20.4. The summed E-state index contributed by atoms with van der Waals surface area (Å²) >= 11 is 6.00. The van der Waals surface area contributed by atoms with Crippen LogP contribution in [0.15, 0.2) is 42.5 Å². The van der Waals surface area contributed by atoms with Crippen molar-refractivity contribution in [2.45, 2.75) is 39.8 Å². The molecule has 5 nitrogen and oxygen atoms in total. The fraction of sp³-hybridized carbons (Fsp3) is 0.350. The van der Waals surface area contributed by atoms with Crippen LogP contribution < -0.4 is 9.62 Å².